The molecule has 1 N–H and O–H groups in total. The van der Waals surface area contributed by atoms with Crippen LogP contribution in [0, 0.1) is 0 Å². The summed E-state index contributed by atoms with van der Waals surface area (Å²) in [5, 5.41) is 3.43. The number of aryl methyl sites for hydroxylation is 2. The summed E-state index contributed by atoms with van der Waals surface area (Å²) in [5.74, 6) is 1.21. The molecule has 160 valence electrons. The van der Waals surface area contributed by atoms with Gasteiger partial charge in [-0.15, -0.1) is 0 Å². The van der Waals surface area contributed by atoms with E-state index in [9.17, 15) is 0 Å². The molecule has 1 aliphatic carbocycles. The third kappa shape index (κ3) is 5.45. The summed E-state index contributed by atoms with van der Waals surface area (Å²) in [4.78, 5) is 16.5. The number of aliphatic imine (C=N–C) groups is 1. The van der Waals surface area contributed by atoms with Gasteiger partial charge < -0.3 is 5.32 Å². The number of nitrogens with zero attached hydrogens (tertiary/aromatic N) is 4. The van der Waals surface area contributed by atoms with Crippen molar-refractivity contribution in [2.45, 2.75) is 70.4 Å². The minimum absolute atomic E-state index is 0.397. The summed E-state index contributed by atoms with van der Waals surface area (Å²) >= 11 is 0. The third-order valence-electron chi connectivity index (χ3n) is 6.41. The minimum Gasteiger partial charge on any atom is -0.374 e. The Kier molecular flexibility index (Phi) is 7.46. The van der Waals surface area contributed by atoms with Crippen LogP contribution in [0.15, 0.2) is 41.7 Å². The molecule has 0 aromatic carbocycles. The Balaban J connectivity index is 1.30. The zero-order valence-electron chi connectivity index (χ0n) is 18.3. The van der Waals surface area contributed by atoms with Crippen LogP contribution in [0.2, 0.25) is 0 Å². The number of fused-ring (bicyclic) bond motifs is 1. The maximum Gasteiger partial charge on any atom is 0.0963 e. The Labute approximate surface area is 181 Å². The highest BCUT2D eigenvalue weighted by atomic mass is 15.1. The minimum atomic E-state index is 0.397. The highest BCUT2D eigenvalue weighted by Gasteiger charge is 2.25. The Morgan fingerprint density at radius 2 is 1.90 bits per heavy atom. The highest BCUT2D eigenvalue weighted by molar-refractivity contribution is 5.82. The van der Waals surface area contributed by atoms with Crippen LogP contribution < -0.4 is 5.32 Å². The molecule has 1 unspecified atom stereocenters. The van der Waals surface area contributed by atoms with Gasteiger partial charge in [-0.25, -0.2) is 0 Å². The summed E-state index contributed by atoms with van der Waals surface area (Å²) in [6.45, 7) is 2.97. The summed E-state index contributed by atoms with van der Waals surface area (Å²) in [7, 11) is 2.23. The molecule has 2 aromatic heterocycles. The fourth-order valence-electron chi connectivity index (χ4n) is 4.74. The van der Waals surface area contributed by atoms with Crippen molar-refractivity contribution < 1.29 is 0 Å². The van der Waals surface area contributed by atoms with Crippen LogP contribution in [0.1, 0.15) is 73.5 Å². The SMILES string of the molecule is CN(Cc1ncccc1CCCCCC1=NCCCN1)C1CCCc2cccnc21. The fraction of sp³-hybridized carbons (Fsp3) is 0.560. The number of nitrogens with one attached hydrogen (secondary N) is 1. The van der Waals surface area contributed by atoms with Crippen molar-refractivity contribution in [3.63, 3.8) is 0 Å². The van der Waals surface area contributed by atoms with Crippen molar-refractivity contribution >= 4 is 5.84 Å². The molecule has 1 atom stereocenters. The Morgan fingerprint density at radius 1 is 1.03 bits per heavy atom. The number of rotatable bonds is 9. The van der Waals surface area contributed by atoms with E-state index >= 15 is 0 Å². The Morgan fingerprint density at radius 3 is 2.80 bits per heavy atom. The van der Waals surface area contributed by atoms with E-state index < -0.39 is 0 Å². The van der Waals surface area contributed by atoms with Crippen molar-refractivity contribution in [3.05, 3.63) is 59.2 Å². The first-order chi connectivity index (χ1) is 14.8. The normalized spacial score (nSPS) is 18.6. The number of pyridine rings is 2. The van der Waals surface area contributed by atoms with Crippen LogP contribution in [0.3, 0.4) is 0 Å². The second-order valence-corrected chi connectivity index (χ2v) is 8.65. The quantitative estimate of drug-likeness (QED) is 0.625. The predicted molar refractivity (Wildman–Crippen MR) is 123 cm³/mol. The molecule has 1 aliphatic heterocycles. The number of amidine groups is 1. The summed E-state index contributed by atoms with van der Waals surface area (Å²) < 4.78 is 0. The molecule has 3 heterocycles. The molecule has 0 saturated heterocycles. The van der Waals surface area contributed by atoms with Crippen LogP contribution in [-0.4, -0.2) is 40.8 Å². The molecule has 0 fully saturated rings. The molecule has 5 heteroatoms. The lowest BCUT2D eigenvalue weighted by molar-refractivity contribution is 0.205. The maximum atomic E-state index is 4.75. The molecule has 0 spiro atoms. The number of aromatic nitrogens is 2. The predicted octanol–water partition coefficient (Wildman–Crippen LogP) is 4.48. The van der Waals surface area contributed by atoms with Gasteiger partial charge in [-0.1, -0.05) is 18.6 Å². The van der Waals surface area contributed by atoms with Crippen LogP contribution in [0.4, 0.5) is 0 Å². The van der Waals surface area contributed by atoms with Crippen LogP contribution in [0.25, 0.3) is 0 Å². The van der Waals surface area contributed by atoms with Crippen LogP contribution in [-0.2, 0) is 19.4 Å². The molecule has 2 aliphatic rings. The lowest BCUT2D eigenvalue weighted by Gasteiger charge is -2.32. The topological polar surface area (TPSA) is 53.4 Å². The van der Waals surface area contributed by atoms with Crippen LogP contribution in [0.5, 0.6) is 0 Å². The standard InChI is InChI=1S/C25H35N5/c1-30(23-13-5-10-21-12-7-16-29-25(21)23)19-22-20(11-6-15-26-22)9-3-2-4-14-24-27-17-8-18-28-24/h6-7,11-12,15-16,23H,2-5,8-10,13-14,17-19H2,1H3,(H,27,28). The molecule has 0 amide bonds. The molecule has 2 aromatic rings. The molecule has 0 bridgehead atoms. The summed E-state index contributed by atoms with van der Waals surface area (Å²) in [5.41, 5.74) is 5.30. The average molecular weight is 406 g/mol. The van der Waals surface area contributed by atoms with E-state index in [4.69, 9.17) is 9.97 Å². The second-order valence-electron chi connectivity index (χ2n) is 8.65. The van der Waals surface area contributed by atoms with E-state index in [-0.39, 0.29) is 0 Å². The lowest BCUT2D eigenvalue weighted by atomic mass is 9.91. The molecule has 5 nitrogen and oxygen atoms in total. The smallest absolute Gasteiger partial charge is 0.0963 e. The summed E-state index contributed by atoms with van der Waals surface area (Å²) in [6, 6.07) is 9.04. The first-order valence-electron chi connectivity index (χ1n) is 11.7. The average Bonchev–Trinajstić information content (AvgIpc) is 2.80. The molecular weight excluding hydrogens is 370 g/mol. The van der Waals surface area contributed by atoms with E-state index in [0.717, 1.165) is 38.9 Å². The second kappa shape index (κ2) is 10.7. The monoisotopic (exact) mass is 405 g/mol. The van der Waals surface area contributed by atoms with E-state index in [2.05, 4.69) is 46.5 Å². The molecule has 0 saturated carbocycles. The highest BCUT2D eigenvalue weighted by Crippen LogP contribution is 2.32. The maximum absolute atomic E-state index is 4.75. The summed E-state index contributed by atoms with van der Waals surface area (Å²) in [6.07, 6.45) is 14.5. The molecule has 30 heavy (non-hydrogen) atoms. The Bertz CT molecular complexity index is 847. The van der Waals surface area contributed by atoms with E-state index in [1.54, 1.807) is 0 Å². The first kappa shape index (κ1) is 21.0. The van der Waals surface area contributed by atoms with Gasteiger partial charge >= 0.3 is 0 Å². The Hall–Kier alpha value is -2.27. The van der Waals surface area contributed by atoms with Gasteiger partial charge in [0.05, 0.1) is 23.3 Å². The lowest BCUT2D eigenvalue weighted by Crippen LogP contribution is -2.29. The van der Waals surface area contributed by atoms with E-state index in [1.807, 2.05) is 12.4 Å². The van der Waals surface area contributed by atoms with Gasteiger partial charge in [0.25, 0.3) is 0 Å². The van der Waals surface area contributed by atoms with Gasteiger partial charge in [0.1, 0.15) is 0 Å². The van der Waals surface area contributed by atoms with Gasteiger partial charge in [-0.2, -0.15) is 0 Å². The van der Waals surface area contributed by atoms with Crippen molar-refractivity contribution in [1.29, 1.82) is 0 Å². The number of unbranched alkanes of at least 4 members (excludes halogenated alkanes) is 2. The largest absolute Gasteiger partial charge is 0.374 e. The van der Waals surface area contributed by atoms with Gasteiger partial charge in [0.2, 0.25) is 0 Å². The van der Waals surface area contributed by atoms with Crippen molar-refractivity contribution in [2.75, 3.05) is 20.1 Å². The van der Waals surface area contributed by atoms with E-state index in [0.29, 0.717) is 6.04 Å². The van der Waals surface area contributed by atoms with Gasteiger partial charge in [0, 0.05) is 38.4 Å². The zero-order valence-corrected chi connectivity index (χ0v) is 18.3. The van der Waals surface area contributed by atoms with Crippen molar-refractivity contribution in [3.8, 4) is 0 Å². The fourth-order valence-corrected chi connectivity index (χ4v) is 4.74. The van der Waals surface area contributed by atoms with Crippen LogP contribution >= 0.6 is 0 Å². The number of hydrogen-bond acceptors (Lipinski definition) is 5. The van der Waals surface area contributed by atoms with Crippen molar-refractivity contribution in [2.24, 2.45) is 4.99 Å². The zero-order chi connectivity index (χ0) is 20.6. The third-order valence-corrected chi connectivity index (χ3v) is 6.41. The van der Waals surface area contributed by atoms with Crippen molar-refractivity contribution in [1.82, 2.24) is 20.2 Å². The van der Waals surface area contributed by atoms with Gasteiger partial charge in [-0.3, -0.25) is 19.9 Å². The molecule has 0 radical (unpaired) electrons. The number of hydrogen-bond donors (Lipinski definition) is 1. The van der Waals surface area contributed by atoms with E-state index in [1.165, 1.54) is 66.9 Å². The van der Waals surface area contributed by atoms with Gasteiger partial charge in [0.15, 0.2) is 0 Å². The molecule has 4 rings (SSSR count). The molecular formula is C25H35N5. The van der Waals surface area contributed by atoms with Gasteiger partial charge in [-0.05, 0) is 75.3 Å². The first-order valence-corrected chi connectivity index (χ1v) is 11.7.